The van der Waals surface area contributed by atoms with Crippen molar-refractivity contribution in [2.45, 2.75) is 6.04 Å². The SMILES string of the molecule is CN(C)CCN1C(=O)C(=O)/C(=C(/O)c2cc(Cl)ccc2O)C1c1ccc(Cl)cc1. The molecule has 1 unspecified atom stereocenters. The number of halogens is 2. The van der Waals surface area contributed by atoms with Crippen LogP contribution in [0.2, 0.25) is 10.0 Å². The zero-order valence-electron chi connectivity index (χ0n) is 15.9. The molecule has 0 spiro atoms. The van der Waals surface area contributed by atoms with Crippen molar-refractivity contribution >= 4 is 40.7 Å². The molecule has 6 nitrogen and oxygen atoms in total. The average molecular weight is 435 g/mol. The second kappa shape index (κ2) is 8.45. The van der Waals surface area contributed by atoms with E-state index in [1.807, 2.05) is 19.0 Å². The number of carbonyl (C=O) groups is 2. The molecule has 0 saturated carbocycles. The van der Waals surface area contributed by atoms with E-state index in [1.165, 1.54) is 23.1 Å². The fourth-order valence-electron chi connectivity index (χ4n) is 3.25. The van der Waals surface area contributed by atoms with E-state index < -0.39 is 23.5 Å². The number of nitrogens with zero attached hydrogens (tertiary/aromatic N) is 2. The predicted octanol–water partition coefficient (Wildman–Crippen LogP) is 3.68. The molecule has 0 aliphatic carbocycles. The average Bonchev–Trinajstić information content (AvgIpc) is 2.93. The number of aliphatic hydroxyl groups is 1. The molecule has 2 aromatic carbocycles. The van der Waals surface area contributed by atoms with E-state index >= 15 is 0 Å². The molecule has 0 bridgehead atoms. The van der Waals surface area contributed by atoms with Crippen LogP contribution in [0.4, 0.5) is 0 Å². The Morgan fingerprint density at radius 1 is 1.07 bits per heavy atom. The maximum absolute atomic E-state index is 12.9. The predicted molar refractivity (Wildman–Crippen MR) is 112 cm³/mol. The minimum Gasteiger partial charge on any atom is -0.507 e. The summed E-state index contributed by atoms with van der Waals surface area (Å²) in [4.78, 5) is 28.9. The van der Waals surface area contributed by atoms with Gasteiger partial charge in [-0.3, -0.25) is 9.59 Å². The van der Waals surface area contributed by atoms with Gasteiger partial charge >= 0.3 is 0 Å². The van der Waals surface area contributed by atoms with Crippen molar-refractivity contribution in [3.8, 4) is 5.75 Å². The molecule has 1 saturated heterocycles. The summed E-state index contributed by atoms with van der Waals surface area (Å²) in [7, 11) is 3.72. The summed E-state index contributed by atoms with van der Waals surface area (Å²) < 4.78 is 0. The fourth-order valence-corrected chi connectivity index (χ4v) is 3.55. The third-order valence-corrected chi connectivity index (χ3v) is 5.21. The molecular weight excluding hydrogens is 415 g/mol. The van der Waals surface area contributed by atoms with E-state index in [4.69, 9.17) is 23.2 Å². The van der Waals surface area contributed by atoms with Gasteiger partial charge in [-0.05, 0) is 50.0 Å². The Labute approximate surface area is 178 Å². The molecule has 2 N–H and O–H groups in total. The number of amides is 1. The number of rotatable bonds is 5. The summed E-state index contributed by atoms with van der Waals surface area (Å²) in [6.07, 6.45) is 0. The Kier molecular flexibility index (Phi) is 6.17. The third kappa shape index (κ3) is 4.24. The molecule has 1 fully saturated rings. The molecule has 8 heteroatoms. The highest BCUT2D eigenvalue weighted by Crippen LogP contribution is 2.41. The molecule has 1 heterocycles. The van der Waals surface area contributed by atoms with Crippen LogP contribution < -0.4 is 0 Å². The molecule has 0 aromatic heterocycles. The lowest BCUT2D eigenvalue weighted by atomic mass is 9.95. The highest BCUT2D eigenvalue weighted by atomic mass is 35.5. The minimum atomic E-state index is -0.819. The van der Waals surface area contributed by atoms with Crippen LogP contribution in [-0.4, -0.2) is 58.9 Å². The Morgan fingerprint density at radius 2 is 1.69 bits per heavy atom. The molecule has 152 valence electrons. The van der Waals surface area contributed by atoms with Gasteiger partial charge in [0.05, 0.1) is 17.2 Å². The molecule has 29 heavy (non-hydrogen) atoms. The van der Waals surface area contributed by atoms with Gasteiger partial charge in [0, 0.05) is 23.1 Å². The number of aliphatic hydroxyl groups excluding tert-OH is 1. The molecule has 1 aliphatic heterocycles. The quantitative estimate of drug-likeness (QED) is 0.426. The molecular formula is C21H20Cl2N2O4. The van der Waals surface area contributed by atoms with Crippen LogP contribution in [0.15, 0.2) is 48.0 Å². The first kappa shape index (κ1) is 21.2. The van der Waals surface area contributed by atoms with Gasteiger partial charge in [-0.25, -0.2) is 0 Å². The largest absolute Gasteiger partial charge is 0.507 e. The molecule has 0 radical (unpaired) electrons. The van der Waals surface area contributed by atoms with Crippen molar-refractivity contribution in [2.75, 3.05) is 27.2 Å². The number of likely N-dealkylation sites (tertiary alicyclic amines) is 1. The number of carbonyl (C=O) groups excluding carboxylic acids is 2. The summed E-state index contributed by atoms with van der Waals surface area (Å²) in [6.45, 7) is 0.808. The van der Waals surface area contributed by atoms with E-state index in [9.17, 15) is 19.8 Å². The van der Waals surface area contributed by atoms with Crippen LogP contribution in [0, 0.1) is 0 Å². The zero-order valence-corrected chi connectivity index (χ0v) is 17.4. The number of phenolic OH excluding ortho intramolecular Hbond substituents is 1. The molecule has 1 atom stereocenters. The maximum atomic E-state index is 12.9. The van der Waals surface area contributed by atoms with Crippen LogP contribution in [0.3, 0.4) is 0 Å². The third-order valence-electron chi connectivity index (χ3n) is 4.73. The fraction of sp³-hybridized carbons (Fsp3) is 0.238. The van der Waals surface area contributed by atoms with Crippen molar-refractivity contribution in [2.24, 2.45) is 0 Å². The Morgan fingerprint density at radius 3 is 2.31 bits per heavy atom. The van der Waals surface area contributed by atoms with Gasteiger partial charge in [0.1, 0.15) is 11.5 Å². The van der Waals surface area contributed by atoms with Crippen molar-refractivity contribution in [3.63, 3.8) is 0 Å². The topological polar surface area (TPSA) is 81.1 Å². The minimum absolute atomic E-state index is 0.0120. The van der Waals surface area contributed by atoms with E-state index in [1.54, 1.807) is 24.3 Å². The highest BCUT2D eigenvalue weighted by molar-refractivity contribution is 6.46. The first-order valence-electron chi connectivity index (χ1n) is 8.88. The van der Waals surface area contributed by atoms with Gasteiger partial charge in [-0.15, -0.1) is 0 Å². The second-order valence-electron chi connectivity index (χ2n) is 7.01. The number of phenols is 1. The monoisotopic (exact) mass is 434 g/mol. The molecule has 3 rings (SSSR count). The highest BCUT2D eigenvalue weighted by Gasteiger charge is 2.46. The smallest absolute Gasteiger partial charge is 0.295 e. The lowest BCUT2D eigenvalue weighted by molar-refractivity contribution is -0.140. The van der Waals surface area contributed by atoms with E-state index in [0.717, 1.165) is 0 Å². The molecule has 1 aliphatic rings. The number of benzene rings is 2. The van der Waals surface area contributed by atoms with Crippen LogP contribution in [-0.2, 0) is 9.59 Å². The normalized spacial score (nSPS) is 18.7. The van der Waals surface area contributed by atoms with E-state index in [2.05, 4.69) is 0 Å². The maximum Gasteiger partial charge on any atom is 0.295 e. The van der Waals surface area contributed by atoms with Gasteiger partial charge in [-0.1, -0.05) is 35.3 Å². The number of likely N-dealkylation sites (N-methyl/N-ethyl adjacent to an activating group) is 1. The first-order valence-corrected chi connectivity index (χ1v) is 9.63. The molecule has 2 aromatic rings. The van der Waals surface area contributed by atoms with Gasteiger partial charge in [-0.2, -0.15) is 0 Å². The summed E-state index contributed by atoms with van der Waals surface area (Å²) in [6, 6.07) is 10.0. The van der Waals surface area contributed by atoms with Crippen LogP contribution in [0.25, 0.3) is 5.76 Å². The van der Waals surface area contributed by atoms with Crippen molar-refractivity contribution in [1.82, 2.24) is 9.80 Å². The van der Waals surface area contributed by atoms with Crippen molar-refractivity contribution < 1.29 is 19.8 Å². The summed E-state index contributed by atoms with van der Waals surface area (Å²) in [5.74, 6) is -2.26. The van der Waals surface area contributed by atoms with Gasteiger partial charge < -0.3 is 20.0 Å². The lowest BCUT2D eigenvalue weighted by Crippen LogP contribution is -2.35. The van der Waals surface area contributed by atoms with Crippen LogP contribution >= 0.6 is 23.2 Å². The van der Waals surface area contributed by atoms with Gasteiger partial charge in [0.25, 0.3) is 11.7 Å². The summed E-state index contributed by atoms with van der Waals surface area (Å²) in [5.41, 5.74) is 0.506. The Bertz CT molecular complexity index is 987. The Balaban J connectivity index is 2.19. The number of hydrogen-bond acceptors (Lipinski definition) is 5. The van der Waals surface area contributed by atoms with Crippen LogP contribution in [0.1, 0.15) is 17.2 Å². The van der Waals surface area contributed by atoms with Crippen LogP contribution in [0.5, 0.6) is 5.75 Å². The number of hydrogen-bond donors (Lipinski definition) is 2. The molecule has 1 amide bonds. The number of aromatic hydroxyl groups is 1. The standard InChI is InChI=1S/C21H20Cl2N2O4/c1-24(2)9-10-25-18(12-3-5-13(22)6-4-12)17(20(28)21(25)29)19(27)15-11-14(23)7-8-16(15)26/h3-8,11,18,26-27H,9-10H2,1-2H3/b19-17+. The van der Waals surface area contributed by atoms with Crippen molar-refractivity contribution in [3.05, 3.63) is 69.2 Å². The van der Waals surface area contributed by atoms with Gasteiger partial charge in [0.2, 0.25) is 0 Å². The van der Waals surface area contributed by atoms with E-state index in [-0.39, 0.29) is 28.5 Å². The number of Topliss-reactive ketones (excluding diaryl/α,β-unsaturated/α-hetero) is 1. The van der Waals surface area contributed by atoms with Gasteiger partial charge in [0.15, 0.2) is 0 Å². The summed E-state index contributed by atoms with van der Waals surface area (Å²) in [5, 5.41) is 21.9. The zero-order chi connectivity index (χ0) is 21.3. The first-order chi connectivity index (χ1) is 13.7. The second-order valence-corrected chi connectivity index (χ2v) is 7.88. The van der Waals surface area contributed by atoms with E-state index in [0.29, 0.717) is 17.1 Å². The van der Waals surface area contributed by atoms with Crippen molar-refractivity contribution in [1.29, 1.82) is 0 Å². The lowest BCUT2D eigenvalue weighted by Gasteiger charge is -2.26. The number of ketones is 1. The summed E-state index contributed by atoms with van der Waals surface area (Å²) >= 11 is 12.0. The Hall–Kier alpha value is -2.54.